The predicted molar refractivity (Wildman–Crippen MR) is 108 cm³/mol. The van der Waals surface area contributed by atoms with Crippen molar-refractivity contribution in [3.8, 4) is 0 Å². The molecule has 0 radical (unpaired) electrons. The van der Waals surface area contributed by atoms with Gasteiger partial charge in [0.25, 0.3) is 0 Å². The molecule has 1 aromatic rings. The highest BCUT2D eigenvalue weighted by atomic mass is 19.4. The predicted octanol–water partition coefficient (Wildman–Crippen LogP) is 1.50. The monoisotopic (exact) mass is 464 g/mol. The third-order valence-electron chi connectivity index (χ3n) is 6.09. The number of carbonyl (C=O) groups excluding carboxylic acids is 1. The SMILES string of the molecule is COCCN1CCC2(CC1)C(c1cnn(C)c1)CC(=O)N2CCOC.O=C(O)C(F)(F)F. The Hall–Kier alpha value is -2.18. The van der Waals surface area contributed by atoms with Crippen molar-refractivity contribution in [1.29, 1.82) is 0 Å². The van der Waals surface area contributed by atoms with Gasteiger partial charge in [-0.15, -0.1) is 0 Å². The summed E-state index contributed by atoms with van der Waals surface area (Å²) in [6.07, 6.45) is 1.47. The molecule has 9 nitrogen and oxygen atoms in total. The number of aliphatic carboxylic acids is 1. The van der Waals surface area contributed by atoms with E-state index in [1.54, 1.807) is 14.2 Å². The summed E-state index contributed by atoms with van der Waals surface area (Å²) < 4.78 is 44.0. The number of hydrogen-bond donors (Lipinski definition) is 1. The number of rotatable bonds is 7. The first-order valence-electron chi connectivity index (χ1n) is 10.3. The summed E-state index contributed by atoms with van der Waals surface area (Å²) in [4.78, 5) is 26.2. The van der Waals surface area contributed by atoms with Gasteiger partial charge in [-0.1, -0.05) is 0 Å². The van der Waals surface area contributed by atoms with Crippen LogP contribution in [0.15, 0.2) is 12.4 Å². The third kappa shape index (κ3) is 6.20. The molecule has 0 bridgehead atoms. The number of nitrogens with zero attached hydrogens (tertiary/aromatic N) is 4. The topological polar surface area (TPSA) is 97.1 Å². The molecule has 2 aliphatic rings. The molecule has 182 valence electrons. The van der Waals surface area contributed by atoms with Crippen LogP contribution in [0.4, 0.5) is 13.2 Å². The van der Waals surface area contributed by atoms with Crippen molar-refractivity contribution in [1.82, 2.24) is 19.6 Å². The third-order valence-corrected chi connectivity index (χ3v) is 6.09. The van der Waals surface area contributed by atoms with Crippen molar-refractivity contribution >= 4 is 11.9 Å². The Bertz CT molecular complexity index is 763. The van der Waals surface area contributed by atoms with E-state index in [1.165, 1.54) is 5.56 Å². The van der Waals surface area contributed by atoms with E-state index >= 15 is 0 Å². The highest BCUT2D eigenvalue weighted by Gasteiger charge is 2.54. The molecule has 1 N–H and O–H groups in total. The van der Waals surface area contributed by atoms with Gasteiger partial charge >= 0.3 is 12.1 Å². The number of ether oxygens (including phenoxy) is 2. The van der Waals surface area contributed by atoms with Gasteiger partial charge < -0.3 is 24.4 Å². The van der Waals surface area contributed by atoms with Crippen LogP contribution in [0.25, 0.3) is 0 Å². The van der Waals surface area contributed by atoms with Crippen LogP contribution in [-0.2, 0) is 26.1 Å². The second-order valence-corrected chi connectivity index (χ2v) is 7.98. The van der Waals surface area contributed by atoms with Gasteiger partial charge in [-0.25, -0.2) is 4.79 Å². The standard InChI is InChI=1S/C18H30N4O3.C2HF3O2/c1-20-14-15(13-19-20)16-12-17(23)22(9-11-25-3)18(16)4-6-21(7-5-18)8-10-24-2;3-2(4,5)1(6)7/h13-14,16H,4-12H2,1-3H3;(H,6,7). The molecular formula is C20H31F3N4O5. The summed E-state index contributed by atoms with van der Waals surface area (Å²) in [6, 6.07) is 0. The van der Waals surface area contributed by atoms with E-state index in [9.17, 15) is 18.0 Å². The minimum Gasteiger partial charge on any atom is -0.475 e. The summed E-state index contributed by atoms with van der Waals surface area (Å²) in [7, 11) is 5.37. The van der Waals surface area contributed by atoms with Crippen LogP contribution < -0.4 is 0 Å². The largest absolute Gasteiger partial charge is 0.490 e. The quantitative estimate of drug-likeness (QED) is 0.653. The number of likely N-dealkylation sites (tertiary alicyclic amines) is 2. The zero-order chi connectivity index (χ0) is 23.9. The van der Waals surface area contributed by atoms with E-state index in [1.807, 2.05) is 17.9 Å². The summed E-state index contributed by atoms with van der Waals surface area (Å²) in [5.74, 6) is -2.29. The summed E-state index contributed by atoms with van der Waals surface area (Å²) in [5.41, 5.74) is 1.07. The summed E-state index contributed by atoms with van der Waals surface area (Å²) >= 11 is 0. The second kappa shape index (κ2) is 11.1. The minimum absolute atomic E-state index is 0.109. The molecule has 0 aromatic carbocycles. The number of aryl methyl sites for hydroxylation is 1. The van der Waals surface area contributed by atoms with Crippen molar-refractivity contribution in [2.75, 3.05) is 53.6 Å². The Morgan fingerprint density at radius 1 is 1.22 bits per heavy atom. The van der Waals surface area contributed by atoms with Gasteiger partial charge in [0.2, 0.25) is 5.91 Å². The fourth-order valence-corrected chi connectivity index (χ4v) is 4.49. The zero-order valence-electron chi connectivity index (χ0n) is 18.6. The van der Waals surface area contributed by atoms with E-state index in [0.29, 0.717) is 19.6 Å². The van der Waals surface area contributed by atoms with Gasteiger partial charge in [0, 0.05) is 66.0 Å². The van der Waals surface area contributed by atoms with Gasteiger partial charge in [0.15, 0.2) is 0 Å². The van der Waals surface area contributed by atoms with E-state index in [2.05, 4.69) is 21.1 Å². The van der Waals surface area contributed by atoms with Gasteiger partial charge in [-0.2, -0.15) is 18.3 Å². The number of amides is 1. The number of piperidine rings is 1. The lowest BCUT2D eigenvalue weighted by molar-refractivity contribution is -0.192. The lowest BCUT2D eigenvalue weighted by Gasteiger charge is -2.47. The lowest BCUT2D eigenvalue weighted by atomic mass is 9.74. The average molecular weight is 464 g/mol. The molecule has 0 aliphatic carbocycles. The molecule has 1 amide bonds. The Morgan fingerprint density at radius 3 is 2.25 bits per heavy atom. The minimum atomic E-state index is -5.08. The first-order chi connectivity index (χ1) is 15.0. The normalized spacial score (nSPS) is 21.0. The number of methoxy groups -OCH3 is 2. The number of halogens is 3. The number of carboxylic acid groups (broad SMARTS) is 1. The molecule has 32 heavy (non-hydrogen) atoms. The van der Waals surface area contributed by atoms with Gasteiger partial charge in [0.05, 0.1) is 24.9 Å². The van der Waals surface area contributed by atoms with Crippen molar-refractivity contribution in [3.05, 3.63) is 18.0 Å². The number of hydrogen-bond acceptors (Lipinski definition) is 6. The molecule has 12 heteroatoms. The molecule has 2 saturated heterocycles. The maximum absolute atomic E-state index is 12.8. The first kappa shape index (κ1) is 26.1. The number of carboxylic acids is 1. The first-order valence-corrected chi connectivity index (χ1v) is 10.3. The highest BCUT2D eigenvalue weighted by molar-refractivity contribution is 5.81. The van der Waals surface area contributed by atoms with E-state index in [-0.39, 0.29) is 17.4 Å². The molecule has 2 fully saturated rings. The van der Waals surface area contributed by atoms with Crippen molar-refractivity contribution in [3.63, 3.8) is 0 Å². The number of alkyl halides is 3. The molecule has 1 spiro atoms. The lowest BCUT2D eigenvalue weighted by Crippen LogP contribution is -2.56. The molecule has 1 aromatic heterocycles. The zero-order valence-corrected chi connectivity index (χ0v) is 18.6. The summed E-state index contributed by atoms with van der Waals surface area (Å²) in [6.45, 7) is 4.96. The molecule has 1 atom stereocenters. The molecule has 0 saturated carbocycles. The average Bonchev–Trinajstić information content (AvgIpc) is 3.27. The van der Waals surface area contributed by atoms with Crippen LogP contribution >= 0.6 is 0 Å². The van der Waals surface area contributed by atoms with Crippen molar-refractivity contribution < 1.29 is 37.3 Å². The van der Waals surface area contributed by atoms with E-state index in [4.69, 9.17) is 19.4 Å². The van der Waals surface area contributed by atoms with Crippen LogP contribution in [0, 0.1) is 0 Å². The van der Waals surface area contributed by atoms with Crippen molar-refractivity contribution in [2.45, 2.75) is 36.9 Å². The molecule has 2 aliphatic heterocycles. The molecule has 3 rings (SSSR count). The Balaban J connectivity index is 0.000000451. The van der Waals surface area contributed by atoms with Crippen LogP contribution in [0.3, 0.4) is 0 Å². The molecule has 1 unspecified atom stereocenters. The van der Waals surface area contributed by atoms with Crippen molar-refractivity contribution in [2.24, 2.45) is 7.05 Å². The van der Waals surface area contributed by atoms with Crippen LogP contribution in [0.5, 0.6) is 0 Å². The number of carbonyl (C=O) groups is 2. The van der Waals surface area contributed by atoms with Crippen LogP contribution in [0.1, 0.15) is 30.7 Å². The maximum atomic E-state index is 12.8. The fraction of sp³-hybridized carbons (Fsp3) is 0.750. The fourth-order valence-electron chi connectivity index (χ4n) is 4.49. The summed E-state index contributed by atoms with van der Waals surface area (Å²) in [5, 5.41) is 11.5. The van der Waals surface area contributed by atoms with Gasteiger partial charge in [0.1, 0.15) is 0 Å². The van der Waals surface area contributed by atoms with E-state index in [0.717, 1.165) is 39.1 Å². The highest BCUT2D eigenvalue weighted by Crippen LogP contribution is 2.48. The molecular weight excluding hydrogens is 433 g/mol. The molecule has 3 heterocycles. The van der Waals surface area contributed by atoms with Crippen LogP contribution in [0.2, 0.25) is 0 Å². The van der Waals surface area contributed by atoms with Gasteiger partial charge in [-0.3, -0.25) is 9.48 Å². The second-order valence-electron chi connectivity index (χ2n) is 7.98. The Labute approximate surface area is 185 Å². The Kier molecular flexibility index (Phi) is 9.05. The number of aromatic nitrogens is 2. The van der Waals surface area contributed by atoms with Crippen LogP contribution in [-0.4, -0.2) is 102 Å². The smallest absolute Gasteiger partial charge is 0.475 e. The van der Waals surface area contributed by atoms with Gasteiger partial charge in [-0.05, 0) is 18.4 Å². The Morgan fingerprint density at radius 2 is 1.78 bits per heavy atom. The van der Waals surface area contributed by atoms with E-state index < -0.39 is 12.1 Å². The maximum Gasteiger partial charge on any atom is 0.490 e.